The van der Waals surface area contributed by atoms with E-state index in [-0.39, 0.29) is 6.04 Å². The molecular weight excluding hydrogens is 379 g/mol. The van der Waals surface area contributed by atoms with E-state index in [0.717, 1.165) is 18.6 Å². The van der Waals surface area contributed by atoms with Crippen LogP contribution < -0.4 is 5.32 Å². The molecule has 29 heavy (non-hydrogen) atoms. The number of benzene rings is 2. The average Bonchev–Trinajstić information content (AvgIpc) is 3.17. The minimum absolute atomic E-state index is 0.00618. The van der Waals surface area contributed by atoms with E-state index in [9.17, 15) is 13.2 Å². The standard InChI is InChI=1S/C22H18F3N3O/c23-22(24,25)16-8-10-17(11-9-16)27-19-7-4-12-26-20(19)21-28-18(14-29-21)13-15-5-2-1-3-6-15/h1-12,18,27H,13-14H2/t18-/m0/s1. The minimum atomic E-state index is -4.36. The monoisotopic (exact) mass is 397 g/mol. The zero-order valence-corrected chi connectivity index (χ0v) is 15.4. The van der Waals surface area contributed by atoms with Crippen molar-refractivity contribution in [3.63, 3.8) is 0 Å². The van der Waals surface area contributed by atoms with Gasteiger partial charge in [-0.15, -0.1) is 0 Å². The summed E-state index contributed by atoms with van der Waals surface area (Å²) >= 11 is 0. The van der Waals surface area contributed by atoms with Crippen molar-refractivity contribution < 1.29 is 17.9 Å². The van der Waals surface area contributed by atoms with Crippen molar-refractivity contribution in [2.75, 3.05) is 11.9 Å². The molecule has 148 valence electrons. The lowest BCUT2D eigenvalue weighted by atomic mass is 10.1. The lowest BCUT2D eigenvalue weighted by molar-refractivity contribution is -0.137. The van der Waals surface area contributed by atoms with Crippen molar-refractivity contribution in [3.8, 4) is 0 Å². The van der Waals surface area contributed by atoms with Gasteiger partial charge in [0.1, 0.15) is 12.3 Å². The van der Waals surface area contributed by atoms with Crippen LogP contribution in [0.3, 0.4) is 0 Å². The van der Waals surface area contributed by atoms with E-state index in [1.165, 1.54) is 17.7 Å². The van der Waals surface area contributed by atoms with Gasteiger partial charge in [0.25, 0.3) is 0 Å². The molecule has 0 amide bonds. The van der Waals surface area contributed by atoms with Crippen LogP contribution in [-0.4, -0.2) is 23.5 Å². The van der Waals surface area contributed by atoms with Gasteiger partial charge in [0.05, 0.1) is 17.3 Å². The van der Waals surface area contributed by atoms with Crippen LogP contribution in [0.5, 0.6) is 0 Å². The van der Waals surface area contributed by atoms with E-state index in [1.807, 2.05) is 30.3 Å². The largest absolute Gasteiger partial charge is 0.474 e. The molecule has 1 N–H and O–H groups in total. The summed E-state index contributed by atoms with van der Waals surface area (Å²) in [6.45, 7) is 0.459. The maximum atomic E-state index is 12.7. The Morgan fingerprint density at radius 1 is 0.966 bits per heavy atom. The van der Waals surface area contributed by atoms with Crippen molar-refractivity contribution in [3.05, 3.63) is 89.7 Å². The highest BCUT2D eigenvalue weighted by Gasteiger charge is 2.30. The summed E-state index contributed by atoms with van der Waals surface area (Å²) in [4.78, 5) is 9.00. The number of aromatic nitrogens is 1. The van der Waals surface area contributed by atoms with Crippen molar-refractivity contribution in [1.29, 1.82) is 0 Å². The number of rotatable bonds is 5. The first kappa shape index (κ1) is 19.0. The first-order valence-corrected chi connectivity index (χ1v) is 9.13. The molecule has 0 saturated carbocycles. The van der Waals surface area contributed by atoms with Gasteiger partial charge >= 0.3 is 6.18 Å². The molecule has 0 saturated heterocycles. The molecule has 2 heterocycles. The lowest BCUT2D eigenvalue weighted by Crippen LogP contribution is -2.10. The van der Waals surface area contributed by atoms with Gasteiger partial charge < -0.3 is 10.1 Å². The summed E-state index contributed by atoms with van der Waals surface area (Å²) in [5.41, 5.74) is 2.15. The Bertz CT molecular complexity index is 1000. The van der Waals surface area contributed by atoms with Crippen LogP contribution in [0, 0.1) is 0 Å². The average molecular weight is 397 g/mol. The van der Waals surface area contributed by atoms with Crippen LogP contribution in [-0.2, 0) is 17.3 Å². The Hall–Kier alpha value is -3.35. The zero-order chi connectivity index (χ0) is 20.3. The molecule has 0 radical (unpaired) electrons. The number of aliphatic imine (C=N–C) groups is 1. The third-order valence-electron chi connectivity index (χ3n) is 4.53. The Kier molecular flexibility index (Phi) is 5.20. The summed E-state index contributed by atoms with van der Waals surface area (Å²) < 4.78 is 44.0. The first-order valence-electron chi connectivity index (χ1n) is 9.13. The van der Waals surface area contributed by atoms with Crippen molar-refractivity contribution in [2.24, 2.45) is 4.99 Å². The molecular formula is C22H18F3N3O. The third kappa shape index (κ3) is 4.56. The molecule has 7 heteroatoms. The maximum absolute atomic E-state index is 12.7. The summed E-state index contributed by atoms with van der Waals surface area (Å²) in [5.74, 6) is 0.431. The molecule has 1 atom stereocenters. The van der Waals surface area contributed by atoms with Gasteiger partial charge in [0.2, 0.25) is 5.90 Å². The predicted octanol–water partition coefficient (Wildman–Crippen LogP) is 5.23. The number of nitrogens with zero attached hydrogens (tertiary/aromatic N) is 2. The molecule has 0 unspecified atom stereocenters. The highest BCUT2D eigenvalue weighted by atomic mass is 19.4. The number of halogens is 3. The Labute approximate surface area is 166 Å². The number of nitrogens with one attached hydrogen (secondary N) is 1. The maximum Gasteiger partial charge on any atom is 0.416 e. The molecule has 2 aromatic carbocycles. The number of ether oxygens (including phenoxy) is 1. The molecule has 0 bridgehead atoms. The second-order valence-corrected chi connectivity index (χ2v) is 6.69. The number of hydrogen-bond acceptors (Lipinski definition) is 4. The highest BCUT2D eigenvalue weighted by Crippen LogP contribution is 2.31. The second-order valence-electron chi connectivity index (χ2n) is 6.69. The van der Waals surface area contributed by atoms with Crippen LogP contribution >= 0.6 is 0 Å². The fourth-order valence-corrected chi connectivity index (χ4v) is 3.11. The molecule has 4 nitrogen and oxygen atoms in total. The van der Waals surface area contributed by atoms with Crippen molar-refractivity contribution in [1.82, 2.24) is 4.98 Å². The van der Waals surface area contributed by atoms with Crippen molar-refractivity contribution in [2.45, 2.75) is 18.6 Å². The van der Waals surface area contributed by atoms with Crippen LogP contribution in [0.1, 0.15) is 16.8 Å². The number of anilines is 2. The molecule has 1 aromatic heterocycles. The quantitative estimate of drug-likeness (QED) is 0.641. The summed E-state index contributed by atoms with van der Waals surface area (Å²) in [7, 11) is 0. The summed E-state index contributed by atoms with van der Waals surface area (Å²) in [6, 6.07) is 18.4. The fourth-order valence-electron chi connectivity index (χ4n) is 3.11. The normalized spacial score (nSPS) is 16.2. The highest BCUT2D eigenvalue weighted by molar-refractivity contribution is 5.99. The second kappa shape index (κ2) is 7.95. The van der Waals surface area contributed by atoms with Crippen LogP contribution in [0.15, 0.2) is 77.9 Å². The van der Waals surface area contributed by atoms with Crippen molar-refractivity contribution >= 4 is 17.3 Å². The van der Waals surface area contributed by atoms with Crippen LogP contribution in [0.4, 0.5) is 24.5 Å². The van der Waals surface area contributed by atoms with Crippen LogP contribution in [0.25, 0.3) is 0 Å². The number of hydrogen-bond donors (Lipinski definition) is 1. The van der Waals surface area contributed by atoms with Gasteiger partial charge in [0.15, 0.2) is 0 Å². The first-order chi connectivity index (χ1) is 14.0. The number of pyridine rings is 1. The SMILES string of the molecule is FC(F)(F)c1ccc(Nc2cccnc2C2=N[C@@H](Cc3ccccc3)CO2)cc1. The van der Waals surface area contributed by atoms with Gasteiger partial charge in [-0.3, -0.25) is 0 Å². The third-order valence-corrected chi connectivity index (χ3v) is 4.53. The summed E-state index contributed by atoms with van der Waals surface area (Å²) in [5, 5.41) is 3.10. The fraction of sp³-hybridized carbons (Fsp3) is 0.182. The molecule has 0 aliphatic carbocycles. The van der Waals surface area contributed by atoms with Gasteiger partial charge in [-0.05, 0) is 48.4 Å². The Morgan fingerprint density at radius 2 is 1.72 bits per heavy atom. The van der Waals surface area contributed by atoms with Crippen LogP contribution in [0.2, 0.25) is 0 Å². The molecule has 3 aromatic rings. The van der Waals surface area contributed by atoms with Gasteiger partial charge in [-0.25, -0.2) is 9.98 Å². The van der Waals surface area contributed by atoms with E-state index in [4.69, 9.17) is 4.74 Å². The summed E-state index contributed by atoms with van der Waals surface area (Å²) in [6.07, 6.45) is -1.97. The topological polar surface area (TPSA) is 46.5 Å². The van der Waals surface area contributed by atoms with E-state index < -0.39 is 11.7 Å². The van der Waals surface area contributed by atoms with Gasteiger partial charge in [-0.1, -0.05) is 30.3 Å². The van der Waals surface area contributed by atoms with Gasteiger partial charge in [-0.2, -0.15) is 13.2 Å². The Morgan fingerprint density at radius 3 is 2.45 bits per heavy atom. The lowest BCUT2D eigenvalue weighted by Gasteiger charge is -2.12. The van der Waals surface area contributed by atoms with E-state index >= 15 is 0 Å². The molecule has 1 aliphatic rings. The molecule has 4 rings (SSSR count). The minimum Gasteiger partial charge on any atom is -0.474 e. The smallest absolute Gasteiger partial charge is 0.416 e. The number of alkyl halides is 3. The van der Waals surface area contributed by atoms with E-state index in [0.29, 0.717) is 29.6 Å². The Balaban J connectivity index is 1.52. The molecule has 0 spiro atoms. The molecule has 1 aliphatic heterocycles. The zero-order valence-electron chi connectivity index (χ0n) is 15.4. The molecule has 0 fully saturated rings. The van der Waals surface area contributed by atoms with E-state index in [1.54, 1.807) is 18.3 Å². The predicted molar refractivity (Wildman–Crippen MR) is 105 cm³/mol. The van der Waals surface area contributed by atoms with Gasteiger partial charge in [0, 0.05) is 11.9 Å². The van der Waals surface area contributed by atoms with E-state index in [2.05, 4.69) is 15.3 Å².